The van der Waals surface area contributed by atoms with Crippen LogP contribution in [-0.2, 0) is 6.42 Å². The molecule has 6 nitrogen and oxygen atoms in total. The fraction of sp³-hybridized carbons (Fsp3) is 0.368. The quantitative estimate of drug-likeness (QED) is 0.846. The number of piperazine rings is 1. The van der Waals surface area contributed by atoms with E-state index >= 15 is 0 Å². The Morgan fingerprint density at radius 2 is 2.00 bits per heavy atom. The molecule has 0 unspecified atom stereocenters. The third kappa shape index (κ3) is 5.46. The van der Waals surface area contributed by atoms with Gasteiger partial charge in [-0.15, -0.1) is 0 Å². The van der Waals surface area contributed by atoms with Crippen molar-refractivity contribution in [2.24, 2.45) is 0 Å². The van der Waals surface area contributed by atoms with Crippen LogP contribution in [0, 0.1) is 0 Å². The van der Waals surface area contributed by atoms with Crippen molar-refractivity contribution < 1.29 is 4.79 Å². The Labute approximate surface area is 148 Å². The number of benzene rings is 1. The number of rotatable bonds is 6. The Bertz CT molecular complexity index is 660. The van der Waals surface area contributed by atoms with Crippen LogP contribution in [0.15, 0.2) is 48.8 Å². The molecule has 0 saturated carbocycles. The Morgan fingerprint density at radius 1 is 1.20 bits per heavy atom. The molecule has 6 heteroatoms. The molecule has 0 radical (unpaired) electrons. The lowest BCUT2D eigenvalue weighted by atomic mass is 10.2. The molecule has 25 heavy (non-hydrogen) atoms. The van der Waals surface area contributed by atoms with Crippen LogP contribution in [0.2, 0.25) is 0 Å². The van der Waals surface area contributed by atoms with Crippen LogP contribution in [0.1, 0.15) is 11.1 Å². The Hall–Kier alpha value is -2.60. The van der Waals surface area contributed by atoms with Crippen LogP contribution in [-0.4, -0.2) is 65.3 Å². The van der Waals surface area contributed by atoms with E-state index in [9.17, 15) is 4.79 Å². The van der Waals surface area contributed by atoms with Gasteiger partial charge in [0.05, 0.1) is 6.20 Å². The maximum Gasteiger partial charge on any atom is 0.317 e. The highest BCUT2D eigenvalue weighted by Crippen LogP contribution is 2.05. The topological polar surface area (TPSA) is 64.3 Å². The molecule has 1 fully saturated rings. The van der Waals surface area contributed by atoms with Crippen LogP contribution < -0.4 is 5.32 Å². The highest BCUT2D eigenvalue weighted by Gasteiger charge is 2.19. The Kier molecular flexibility index (Phi) is 6.23. The van der Waals surface area contributed by atoms with Crippen molar-refractivity contribution in [1.82, 2.24) is 25.3 Å². The van der Waals surface area contributed by atoms with Gasteiger partial charge in [-0.25, -0.2) is 4.79 Å². The maximum atomic E-state index is 12.2. The van der Waals surface area contributed by atoms with Crippen molar-refractivity contribution in [3.63, 3.8) is 0 Å². The summed E-state index contributed by atoms with van der Waals surface area (Å²) in [5.41, 5.74) is 2.33. The van der Waals surface area contributed by atoms with Gasteiger partial charge >= 0.3 is 6.03 Å². The van der Waals surface area contributed by atoms with Gasteiger partial charge in [0.2, 0.25) is 0 Å². The normalized spacial score (nSPS) is 15.6. The Balaban J connectivity index is 1.33. The van der Waals surface area contributed by atoms with E-state index in [1.165, 1.54) is 5.56 Å². The number of hydrogen-bond acceptors (Lipinski definition) is 3. The average molecular weight is 339 g/mol. The molecule has 1 aliphatic heterocycles. The van der Waals surface area contributed by atoms with Gasteiger partial charge in [-0.3, -0.25) is 10.00 Å². The summed E-state index contributed by atoms with van der Waals surface area (Å²) in [6.07, 6.45) is 8.78. The molecule has 0 atom stereocenters. The minimum Gasteiger partial charge on any atom is -0.338 e. The lowest BCUT2D eigenvalue weighted by Crippen LogP contribution is -2.51. The molecule has 1 saturated heterocycles. The second-order valence-electron chi connectivity index (χ2n) is 6.19. The number of hydrogen-bond donors (Lipinski definition) is 2. The van der Waals surface area contributed by atoms with E-state index in [-0.39, 0.29) is 6.03 Å². The predicted octanol–water partition coefficient (Wildman–Crippen LogP) is 1.99. The summed E-state index contributed by atoms with van der Waals surface area (Å²) in [6.45, 7) is 4.93. The van der Waals surface area contributed by atoms with E-state index in [2.05, 4.69) is 44.7 Å². The molecule has 0 aliphatic carbocycles. The van der Waals surface area contributed by atoms with Crippen molar-refractivity contribution in [2.45, 2.75) is 6.42 Å². The summed E-state index contributed by atoms with van der Waals surface area (Å²) < 4.78 is 0. The lowest BCUT2D eigenvalue weighted by Gasteiger charge is -2.34. The zero-order valence-corrected chi connectivity index (χ0v) is 14.4. The van der Waals surface area contributed by atoms with Gasteiger partial charge in [0, 0.05) is 45.5 Å². The summed E-state index contributed by atoms with van der Waals surface area (Å²) in [4.78, 5) is 16.5. The highest BCUT2D eigenvalue weighted by atomic mass is 16.2. The molecule has 1 aliphatic rings. The van der Waals surface area contributed by atoms with E-state index < -0.39 is 0 Å². The summed E-state index contributed by atoms with van der Waals surface area (Å²) in [5.74, 6) is 0. The third-order valence-electron chi connectivity index (χ3n) is 4.38. The first kappa shape index (κ1) is 17.2. The minimum atomic E-state index is 0.0305. The van der Waals surface area contributed by atoms with Crippen LogP contribution in [0.25, 0.3) is 6.08 Å². The standard InChI is InChI=1S/C19H25N5O/c25-19(20-9-8-18-15-21-22-16-18)24-13-11-23(12-14-24)10-4-7-17-5-2-1-3-6-17/h1-7,15-16H,8-14H2,(H,20,25)(H,21,22). The number of aromatic amines is 1. The first-order chi connectivity index (χ1) is 12.3. The second kappa shape index (κ2) is 9.03. The zero-order chi connectivity index (χ0) is 17.3. The SMILES string of the molecule is O=C(NCCc1cn[nH]c1)N1CCN(CC=Cc2ccccc2)CC1. The predicted molar refractivity (Wildman–Crippen MR) is 99.2 cm³/mol. The van der Waals surface area contributed by atoms with E-state index in [4.69, 9.17) is 0 Å². The summed E-state index contributed by atoms with van der Waals surface area (Å²) in [5, 5.41) is 9.66. The van der Waals surface area contributed by atoms with E-state index in [0.717, 1.165) is 44.7 Å². The van der Waals surface area contributed by atoms with Crippen LogP contribution >= 0.6 is 0 Å². The molecular weight excluding hydrogens is 314 g/mol. The molecule has 2 aromatic rings. The fourth-order valence-corrected chi connectivity index (χ4v) is 2.88. The van der Waals surface area contributed by atoms with Crippen molar-refractivity contribution in [2.75, 3.05) is 39.3 Å². The van der Waals surface area contributed by atoms with Crippen molar-refractivity contribution in [1.29, 1.82) is 0 Å². The number of aromatic nitrogens is 2. The van der Waals surface area contributed by atoms with E-state index in [1.54, 1.807) is 6.20 Å². The number of carbonyl (C=O) groups is 1. The smallest absolute Gasteiger partial charge is 0.317 e. The molecule has 0 bridgehead atoms. The van der Waals surface area contributed by atoms with Gasteiger partial charge in [-0.1, -0.05) is 42.5 Å². The molecule has 2 heterocycles. The van der Waals surface area contributed by atoms with E-state index in [0.29, 0.717) is 6.54 Å². The van der Waals surface area contributed by atoms with Crippen LogP contribution in [0.3, 0.4) is 0 Å². The first-order valence-corrected chi connectivity index (χ1v) is 8.75. The first-order valence-electron chi connectivity index (χ1n) is 8.75. The molecule has 2 amide bonds. The van der Waals surface area contributed by atoms with Gasteiger partial charge in [0.1, 0.15) is 0 Å². The molecule has 2 N–H and O–H groups in total. The summed E-state index contributed by atoms with van der Waals surface area (Å²) >= 11 is 0. The van der Waals surface area contributed by atoms with Gasteiger partial charge < -0.3 is 10.2 Å². The Morgan fingerprint density at radius 3 is 2.72 bits per heavy atom. The number of carbonyl (C=O) groups excluding carboxylic acids is 1. The molecule has 3 rings (SSSR count). The molecule has 132 valence electrons. The molecule has 1 aromatic carbocycles. The van der Waals surface area contributed by atoms with Crippen molar-refractivity contribution >= 4 is 12.1 Å². The number of amides is 2. The molecule has 1 aromatic heterocycles. The number of H-pyrrole nitrogens is 1. The van der Waals surface area contributed by atoms with Crippen LogP contribution in [0.5, 0.6) is 0 Å². The number of nitrogens with one attached hydrogen (secondary N) is 2. The third-order valence-corrected chi connectivity index (χ3v) is 4.38. The number of nitrogens with zero attached hydrogens (tertiary/aromatic N) is 3. The summed E-state index contributed by atoms with van der Waals surface area (Å²) in [6, 6.07) is 10.3. The largest absolute Gasteiger partial charge is 0.338 e. The monoisotopic (exact) mass is 339 g/mol. The van der Waals surface area contributed by atoms with Gasteiger partial charge in [-0.05, 0) is 17.5 Å². The van der Waals surface area contributed by atoms with Crippen molar-refractivity contribution in [3.8, 4) is 0 Å². The number of urea groups is 1. The fourth-order valence-electron chi connectivity index (χ4n) is 2.88. The molecular formula is C19H25N5O. The average Bonchev–Trinajstić information content (AvgIpc) is 3.16. The zero-order valence-electron chi connectivity index (χ0n) is 14.4. The second-order valence-corrected chi connectivity index (χ2v) is 6.19. The van der Waals surface area contributed by atoms with Gasteiger partial charge in [-0.2, -0.15) is 5.10 Å². The minimum absolute atomic E-state index is 0.0305. The molecule has 0 spiro atoms. The van der Waals surface area contributed by atoms with Gasteiger partial charge in [0.15, 0.2) is 0 Å². The van der Waals surface area contributed by atoms with E-state index in [1.807, 2.05) is 29.3 Å². The van der Waals surface area contributed by atoms with Crippen molar-refractivity contribution in [3.05, 3.63) is 59.9 Å². The summed E-state index contributed by atoms with van der Waals surface area (Å²) in [7, 11) is 0. The van der Waals surface area contributed by atoms with Gasteiger partial charge in [0.25, 0.3) is 0 Å². The lowest BCUT2D eigenvalue weighted by molar-refractivity contribution is 0.147. The highest BCUT2D eigenvalue weighted by molar-refractivity contribution is 5.74. The maximum absolute atomic E-state index is 12.2. The van der Waals surface area contributed by atoms with Crippen LogP contribution in [0.4, 0.5) is 4.79 Å².